The second-order valence-corrected chi connectivity index (χ2v) is 5.36. The van der Waals surface area contributed by atoms with E-state index >= 15 is 0 Å². The maximum absolute atomic E-state index is 11.9. The second kappa shape index (κ2) is 6.11. The molecule has 1 aliphatic rings. The molecule has 2 amide bonds. The van der Waals surface area contributed by atoms with Crippen LogP contribution in [0.4, 0.5) is 4.79 Å². The minimum atomic E-state index is -0.254. The molecule has 0 saturated heterocycles. The largest absolute Gasteiger partial charge is 0.335 e. The Morgan fingerprint density at radius 1 is 1.32 bits per heavy atom. The number of halogens is 1. The Hall–Kier alpha value is -1.48. The lowest BCUT2D eigenvalue weighted by Crippen LogP contribution is -2.48. The predicted molar refractivity (Wildman–Crippen MR) is 78.3 cm³/mol. The van der Waals surface area contributed by atoms with E-state index in [9.17, 15) is 4.79 Å². The molecule has 3 nitrogen and oxygen atoms in total. The standard InChI is InChI=1S/C15H19ClN2O/c1-2-11-17-14(19)18-15(9-3-4-10-15)12-5-7-13(16)8-6-12/h2,5-8H,1,3-4,9-11H2,(H2,17,18,19). The summed E-state index contributed by atoms with van der Waals surface area (Å²) in [6.07, 6.45) is 5.87. The van der Waals surface area contributed by atoms with Crippen molar-refractivity contribution in [2.45, 2.75) is 31.2 Å². The van der Waals surface area contributed by atoms with Crippen LogP contribution in [0, 0.1) is 0 Å². The van der Waals surface area contributed by atoms with Crippen LogP contribution in [0.25, 0.3) is 0 Å². The summed E-state index contributed by atoms with van der Waals surface area (Å²) in [6, 6.07) is 7.61. The van der Waals surface area contributed by atoms with Crippen molar-refractivity contribution in [1.29, 1.82) is 0 Å². The van der Waals surface area contributed by atoms with Gasteiger partial charge in [-0.1, -0.05) is 42.7 Å². The summed E-state index contributed by atoms with van der Waals surface area (Å²) in [5, 5.41) is 6.61. The first-order valence-corrected chi connectivity index (χ1v) is 6.97. The zero-order valence-electron chi connectivity index (χ0n) is 10.9. The van der Waals surface area contributed by atoms with Gasteiger partial charge in [0.25, 0.3) is 0 Å². The molecule has 102 valence electrons. The van der Waals surface area contributed by atoms with Crippen molar-refractivity contribution in [2.24, 2.45) is 0 Å². The molecule has 2 rings (SSSR count). The minimum Gasteiger partial charge on any atom is -0.335 e. The Labute approximate surface area is 119 Å². The number of hydrogen-bond acceptors (Lipinski definition) is 1. The zero-order chi connectivity index (χ0) is 13.7. The molecule has 1 aliphatic carbocycles. The maximum Gasteiger partial charge on any atom is 0.315 e. The molecule has 1 aromatic rings. The molecule has 0 aromatic heterocycles. The van der Waals surface area contributed by atoms with Gasteiger partial charge in [0.05, 0.1) is 5.54 Å². The molecule has 1 aromatic carbocycles. The van der Waals surface area contributed by atoms with E-state index in [-0.39, 0.29) is 11.6 Å². The number of carbonyl (C=O) groups excluding carboxylic acids is 1. The van der Waals surface area contributed by atoms with Crippen LogP contribution in [0.15, 0.2) is 36.9 Å². The summed E-state index contributed by atoms with van der Waals surface area (Å²) >= 11 is 5.93. The van der Waals surface area contributed by atoms with Crippen molar-refractivity contribution in [3.8, 4) is 0 Å². The normalized spacial score (nSPS) is 16.9. The Morgan fingerprint density at radius 3 is 2.53 bits per heavy atom. The summed E-state index contributed by atoms with van der Waals surface area (Å²) in [5.41, 5.74) is 0.874. The predicted octanol–water partition coefficient (Wildman–Crippen LogP) is 3.59. The highest BCUT2D eigenvalue weighted by atomic mass is 35.5. The van der Waals surface area contributed by atoms with E-state index in [2.05, 4.69) is 17.2 Å². The molecule has 2 N–H and O–H groups in total. The van der Waals surface area contributed by atoms with Crippen LogP contribution in [0.1, 0.15) is 31.2 Å². The van der Waals surface area contributed by atoms with E-state index in [0.717, 1.165) is 31.2 Å². The second-order valence-electron chi connectivity index (χ2n) is 4.92. The molecular weight excluding hydrogens is 260 g/mol. The molecular formula is C15H19ClN2O. The third-order valence-corrected chi connectivity index (χ3v) is 3.87. The van der Waals surface area contributed by atoms with Crippen molar-refractivity contribution in [3.05, 3.63) is 47.5 Å². The quantitative estimate of drug-likeness (QED) is 0.812. The van der Waals surface area contributed by atoms with Crippen LogP contribution >= 0.6 is 11.6 Å². The third kappa shape index (κ3) is 3.29. The molecule has 0 heterocycles. The van der Waals surface area contributed by atoms with Gasteiger partial charge in [0.2, 0.25) is 0 Å². The fraction of sp³-hybridized carbons (Fsp3) is 0.400. The Bertz CT molecular complexity index is 450. The maximum atomic E-state index is 11.9. The molecule has 0 radical (unpaired) electrons. The van der Waals surface area contributed by atoms with E-state index in [4.69, 9.17) is 11.6 Å². The lowest BCUT2D eigenvalue weighted by atomic mass is 9.88. The van der Waals surface area contributed by atoms with Crippen LogP contribution in [0.3, 0.4) is 0 Å². The Balaban J connectivity index is 2.15. The van der Waals surface area contributed by atoms with Crippen molar-refractivity contribution >= 4 is 17.6 Å². The van der Waals surface area contributed by atoms with Gasteiger partial charge in [0, 0.05) is 11.6 Å². The van der Waals surface area contributed by atoms with Crippen molar-refractivity contribution < 1.29 is 4.79 Å². The fourth-order valence-electron chi connectivity index (χ4n) is 2.66. The summed E-state index contributed by atoms with van der Waals surface area (Å²) < 4.78 is 0. The third-order valence-electron chi connectivity index (χ3n) is 3.61. The first-order valence-electron chi connectivity index (χ1n) is 6.59. The van der Waals surface area contributed by atoms with Crippen LogP contribution < -0.4 is 10.6 Å². The topological polar surface area (TPSA) is 41.1 Å². The molecule has 4 heteroatoms. The Kier molecular flexibility index (Phi) is 4.48. The number of hydrogen-bond donors (Lipinski definition) is 2. The SMILES string of the molecule is C=CCNC(=O)NC1(c2ccc(Cl)cc2)CCCC1. The average Bonchev–Trinajstić information content (AvgIpc) is 2.86. The first-order chi connectivity index (χ1) is 9.16. The molecule has 0 unspecified atom stereocenters. The highest BCUT2D eigenvalue weighted by Crippen LogP contribution is 2.38. The molecule has 0 atom stereocenters. The first kappa shape index (κ1) is 13.9. The van der Waals surface area contributed by atoms with Gasteiger partial charge < -0.3 is 10.6 Å². The fourth-order valence-corrected chi connectivity index (χ4v) is 2.79. The van der Waals surface area contributed by atoms with E-state index < -0.39 is 0 Å². The molecule has 0 spiro atoms. The summed E-state index contributed by atoms with van der Waals surface area (Å²) in [5.74, 6) is 0. The highest BCUT2D eigenvalue weighted by molar-refractivity contribution is 6.30. The number of rotatable bonds is 4. The van der Waals surface area contributed by atoms with Crippen LogP contribution in [-0.4, -0.2) is 12.6 Å². The van der Waals surface area contributed by atoms with Gasteiger partial charge in [0.1, 0.15) is 0 Å². The van der Waals surface area contributed by atoms with Gasteiger partial charge in [-0.15, -0.1) is 6.58 Å². The van der Waals surface area contributed by atoms with Gasteiger partial charge in [-0.3, -0.25) is 0 Å². The van der Waals surface area contributed by atoms with Gasteiger partial charge in [-0.2, -0.15) is 0 Å². The lowest BCUT2D eigenvalue weighted by Gasteiger charge is -2.31. The number of benzene rings is 1. The lowest BCUT2D eigenvalue weighted by molar-refractivity contribution is 0.225. The highest BCUT2D eigenvalue weighted by Gasteiger charge is 2.36. The van der Waals surface area contributed by atoms with E-state index in [0.29, 0.717) is 11.6 Å². The number of nitrogens with one attached hydrogen (secondary N) is 2. The zero-order valence-corrected chi connectivity index (χ0v) is 11.7. The Morgan fingerprint density at radius 2 is 1.95 bits per heavy atom. The summed E-state index contributed by atoms with van der Waals surface area (Å²) in [7, 11) is 0. The van der Waals surface area contributed by atoms with Gasteiger partial charge in [0.15, 0.2) is 0 Å². The van der Waals surface area contributed by atoms with Gasteiger partial charge in [-0.25, -0.2) is 4.79 Å². The van der Waals surface area contributed by atoms with E-state index in [1.807, 2.05) is 24.3 Å². The molecule has 1 fully saturated rings. The van der Waals surface area contributed by atoms with Crippen LogP contribution in [0.5, 0.6) is 0 Å². The van der Waals surface area contributed by atoms with Crippen LogP contribution in [-0.2, 0) is 5.54 Å². The van der Waals surface area contributed by atoms with Gasteiger partial charge >= 0.3 is 6.03 Å². The summed E-state index contributed by atoms with van der Waals surface area (Å²) in [4.78, 5) is 11.9. The molecule has 19 heavy (non-hydrogen) atoms. The van der Waals surface area contributed by atoms with Crippen LogP contribution in [0.2, 0.25) is 5.02 Å². The molecule has 0 aliphatic heterocycles. The number of carbonyl (C=O) groups is 1. The van der Waals surface area contributed by atoms with Crippen molar-refractivity contribution in [1.82, 2.24) is 10.6 Å². The average molecular weight is 279 g/mol. The minimum absolute atomic E-state index is 0.142. The monoisotopic (exact) mass is 278 g/mol. The van der Waals surface area contributed by atoms with E-state index in [1.54, 1.807) is 6.08 Å². The van der Waals surface area contributed by atoms with Gasteiger partial charge in [-0.05, 0) is 30.5 Å². The smallest absolute Gasteiger partial charge is 0.315 e. The molecule has 0 bridgehead atoms. The summed E-state index contributed by atoms with van der Waals surface area (Å²) in [6.45, 7) is 4.07. The van der Waals surface area contributed by atoms with Crippen molar-refractivity contribution in [3.63, 3.8) is 0 Å². The number of amides is 2. The van der Waals surface area contributed by atoms with Crippen molar-refractivity contribution in [2.75, 3.05) is 6.54 Å². The number of urea groups is 1. The van der Waals surface area contributed by atoms with E-state index in [1.165, 1.54) is 0 Å². The molecule has 1 saturated carbocycles.